The van der Waals surface area contributed by atoms with Gasteiger partial charge in [-0.25, -0.2) is 0 Å². The Hall–Kier alpha value is -0.162. The van der Waals surface area contributed by atoms with Gasteiger partial charge >= 0.3 is 58.2 Å². The molecule has 0 spiro atoms. The maximum absolute atomic E-state index is 12.3. The van der Waals surface area contributed by atoms with Crippen molar-refractivity contribution in [2.45, 2.75) is 0 Å². The van der Waals surface area contributed by atoms with Gasteiger partial charge in [-0.15, -0.1) is 0 Å². The van der Waals surface area contributed by atoms with E-state index in [0.717, 1.165) is 0 Å². The van der Waals surface area contributed by atoms with Crippen molar-refractivity contribution in [1.82, 2.24) is 0 Å². The summed E-state index contributed by atoms with van der Waals surface area (Å²) < 4.78 is 13.0. The summed E-state index contributed by atoms with van der Waals surface area (Å²) in [5.74, 6) is -0.127. The summed E-state index contributed by atoms with van der Waals surface area (Å²) in [6.07, 6.45) is 0. The van der Waals surface area contributed by atoms with Crippen molar-refractivity contribution in [2.24, 2.45) is 0 Å². The minimum atomic E-state index is -0.127. The van der Waals surface area contributed by atoms with Crippen LogP contribution < -0.4 is 3.95 Å². The Morgan fingerprint density at radius 2 is 1.88 bits per heavy atom. The van der Waals surface area contributed by atoms with E-state index in [-0.39, 0.29) is 5.82 Å². The molecule has 0 aliphatic heterocycles. The minimum absolute atomic E-state index is 0.127. The van der Waals surface area contributed by atoms with Crippen molar-refractivity contribution >= 4 is 3.95 Å². The van der Waals surface area contributed by atoms with E-state index in [0.29, 0.717) is 3.95 Å². The summed E-state index contributed by atoms with van der Waals surface area (Å²) in [5, 5.41) is 0. The Morgan fingerprint density at radius 1 is 1.25 bits per heavy atom. The third-order valence-electron chi connectivity index (χ3n) is 0.837. The molecule has 0 aliphatic carbocycles. The van der Waals surface area contributed by atoms with Crippen LogP contribution in [0, 0.1) is 5.82 Å². The second-order valence-electron chi connectivity index (χ2n) is 1.43. The van der Waals surface area contributed by atoms with Crippen LogP contribution in [-0.4, -0.2) is 0 Å². The Kier molecular flexibility index (Phi) is 1.80. The van der Waals surface area contributed by atoms with E-state index in [1.165, 1.54) is 6.07 Å². The molecule has 1 aromatic carbocycles. The number of hydrogen-bond donors (Lipinski definition) is 0. The molecule has 0 nitrogen and oxygen atoms in total. The molecule has 0 saturated heterocycles. The van der Waals surface area contributed by atoms with E-state index in [1.54, 1.807) is 31.9 Å². The van der Waals surface area contributed by atoms with Crippen LogP contribution in [0.1, 0.15) is 0 Å². The Morgan fingerprint density at radius 3 is 2.25 bits per heavy atom. The molecule has 0 aromatic heterocycles. The molecule has 0 aliphatic rings. The van der Waals surface area contributed by atoms with Gasteiger partial charge in [0.25, 0.3) is 0 Å². The Labute approximate surface area is 58.6 Å². The molecule has 0 unspecified atom stereocenters. The topological polar surface area (TPSA) is 0 Å². The number of benzene rings is 1. The van der Waals surface area contributed by atoms with Gasteiger partial charge in [0, 0.05) is 0 Å². The fourth-order valence-corrected chi connectivity index (χ4v) is 0.805. The van der Waals surface area contributed by atoms with Crippen molar-refractivity contribution < 1.29 is 24.2 Å². The van der Waals surface area contributed by atoms with Crippen LogP contribution in [0.15, 0.2) is 24.3 Å². The van der Waals surface area contributed by atoms with Gasteiger partial charge in [0.05, 0.1) is 0 Å². The van der Waals surface area contributed by atoms with Crippen molar-refractivity contribution in [3.05, 3.63) is 30.1 Å². The monoisotopic (exact) mass is 193 g/mol. The van der Waals surface area contributed by atoms with Crippen LogP contribution in [-0.2, 0) is 19.8 Å². The van der Waals surface area contributed by atoms with Crippen LogP contribution in [0.4, 0.5) is 4.39 Å². The molecular weight excluding hydrogens is 187 g/mol. The van der Waals surface area contributed by atoms with Gasteiger partial charge in [0.2, 0.25) is 0 Å². The standard InChI is InChI=1S/C6H4F.Mo/c7-6-4-2-1-3-5-6;/h1-4H;. The molecule has 1 aromatic rings. The van der Waals surface area contributed by atoms with Gasteiger partial charge in [-0.3, -0.25) is 0 Å². The average Bonchev–Trinajstić information content (AvgIpc) is 1.77. The van der Waals surface area contributed by atoms with Crippen molar-refractivity contribution in [2.75, 3.05) is 0 Å². The van der Waals surface area contributed by atoms with Crippen LogP contribution in [0.2, 0.25) is 0 Å². The molecule has 0 amide bonds. The molecule has 0 N–H and O–H groups in total. The van der Waals surface area contributed by atoms with Crippen LogP contribution >= 0.6 is 0 Å². The molecule has 1 rings (SSSR count). The maximum atomic E-state index is 12.3. The Balaban J connectivity index is 3.13. The summed E-state index contributed by atoms with van der Waals surface area (Å²) in [5.41, 5.74) is 0. The van der Waals surface area contributed by atoms with Crippen molar-refractivity contribution in [3.63, 3.8) is 0 Å². The summed E-state index contributed by atoms with van der Waals surface area (Å²) in [6, 6.07) is 6.71. The zero-order valence-electron chi connectivity index (χ0n) is 4.10. The quantitative estimate of drug-likeness (QED) is 0.536. The van der Waals surface area contributed by atoms with Gasteiger partial charge in [-0.2, -0.15) is 0 Å². The van der Waals surface area contributed by atoms with Gasteiger partial charge in [-0.1, -0.05) is 0 Å². The van der Waals surface area contributed by atoms with E-state index in [9.17, 15) is 4.39 Å². The molecule has 0 saturated carbocycles. The van der Waals surface area contributed by atoms with Crippen molar-refractivity contribution in [1.29, 1.82) is 0 Å². The van der Waals surface area contributed by atoms with E-state index in [1.807, 2.05) is 6.07 Å². The SMILES string of the molecule is Fc1cccc[c]1[Mo]. The summed E-state index contributed by atoms with van der Waals surface area (Å²) in [7, 11) is 0. The summed E-state index contributed by atoms with van der Waals surface area (Å²) in [4.78, 5) is 0. The van der Waals surface area contributed by atoms with Gasteiger partial charge < -0.3 is 0 Å². The van der Waals surface area contributed by atoms with Gasteiger partial charge in [-0.05, 0) is 0 Å². The second kappa shape index (κ2) is 2.41. The fourth-order valence-electron chi connectivity index (χ4n) is 0.445. The van der Waals surface area contributed by atoms with Gasteiger partial charge in [0.1, 0.15) is 0 Å². The molecule has 0 atom stereocenters. The second-order valence-corrected chi connectivity index (χ2v) is 2.51. The number of hydrogen-bond acceptors (Lipinski definition) is 0. The van der Waals surface area contributed by atoms with Crippen LogP contribution in [0.3, 0.4) is 0 Å². The van der Waals surface area contributed by atoms with Crippen LogP contribution in [0.25, 0.3) is 0 Å². The molecule has 2 heteroatoms. The Bertz CT molecular complexity index is 165. The van der Waals surface area contributed by atoms with Crippen LogP contribution in [0.5, 0.6) is 0 Å². The third kappa shape index (κ3) is 1.16. The number of rotatable bonds is 0. The molecule has 0 radical (unpaired) electrons. The van der Waals surface area contributed by atoms with E-state index < -0.39 is 0 Å². The first-order valence-electron chi connectivity index (χ1n) is 2.22. The molecule has 0 fully saturated rings. The van der Waals surface area contributed by atoms with E-state index >= 15 is 0 Å². The molecule has 8 heavy (non-hydrogen) atoms. The summed E-state index contributed by atoms with van der Waals surface area (Å²) >= 11 is 1.68. The van der Waals surface area contributed by atoms with Gasteiger partial charge in [0.15, 0.2) is 0 Å². The molecular formula is C6H4FMo. The number of halogens is 1. The first-order chi connectivity index (χ1) is 3.80. The molecule has 0 heterocycles. The predicted octanol–water partition coefficient (Wildman–Crippen LogP) is 0.998. The van der Waals surface area contributed by atoms with E-state index in [4.69, 9.17) is 0 Å². The third-order valence-corrected chi connectivity index (χ3v) is 1.65. The normalized spacial score (nSPS) is 9.12. The fraction of sp³-hybridized carbons (Fsp3) is 0. The molecule has 41 valence electrons. The first kappa shape index (κ1) is 5.97. The zero-order valence-corrected chi connectivity index (χ0v) is 6.10. The zero-order chi connectivity index (χ0) is 5.98. The first-order valence-corrected chi connectivity index (χ1v) is 3.22. The van der Waals surface area contributed by atoms with Crippen molar-refractivity contribution in [3.8, 4) is 0 Å². The summed E-state index contributed by atoms with van der Waals surface area (Å²) in [6.45, 7) is 0. The average molecular weight is 191 g/mol. The molecule has 0 bridgehead atoms. The van der Waals surface area contributed by atoms with E-state index in [2.05, 4.69) is 0 Å². The predicted molar refractivity (Wildman–Crippen MR) is 26.0 cm³/mol.